The number of carbonyl (C=O) groups excluding carboxylic acids is 1. The maximum Gasteiger partial charge on any atom is 0.234 e. The fourth-order valence-electron chi connectivity index (χ4n) is 5.30. The summed E-state index contributed by atoms with van der Waals surface area (Å²) in [7, 11) is 0. The molecule has 2 aliphatic heterocycles. The van der Waals surface area contributed by atoms with Crippen LogP contribution in [0.3, 0.4) is 0 Å². The van der Waals surface area contributed by atoms with Crippen LogP contribution in [0.25, 0.3) is 0 Å². The summed E-state index contributed by atoms with van der Waals surface area (Å²) in [5.41, 5.74) is 3.49. The first kappa shape index (κ1) is 21.5. The maximum absolute atomic E-state index is 13.4. The molecule has 1 fully saturated rings. The second kappa shape index (κ2) is 8.90. The molecule has 2 heterocycles. The molecule has 0 aromatic heterocycles. The van der Waals surface area contributed by atoms with Gasteiger partial charge in [0.1, 0.15) is 12.4 Å². The van der Waals surface area contributed by atoms with Crippen molar-refractivity contribution in [2.75, 3.05) is 6.54 Å². The fourth-order valence-corrected chi connectivity index (χ4v) is 5.30. The number of fused-ring (bicyclic) bond motifs is 1. The highest BCUT2D eigenvalue weighted by Crippen LogP contribution is 2.45. The molecule has 0 bridgehead atoms. The molecule has 2 aliphatic rings. The van der Waals surface area contributed by atoms with Crippen molar-refractivity contribution in [1.29, 1.82) is 0 Å². The molecule has 1 saturated heterocycles. The summed E-state index contributed by atoms with van der Waals surface area (Å²) in [6.45, 7) is 5.94. The third kappa shape index (κ3) is 4.20. The summed E-state index contributed by atoms with van der Waals surface area (Å²) < 4.78 is 6.11. The van der Waals surface area contributed by atoms with Crippen LogP contribution in [0.4, 0.5) is 0 Å². The van der Waals surface area contributed by atoms with Crippen molar-refractivity contribution in [3.8, 4) is 5.75 Å². The van der Waals surface area contributed by atoms with Crippen LogP contribution < -0.4 is 4.74 Å². The first-order valence-corrected chi connectivity index (χ1v) is 11.9. The highest BCUT2D eigenvalue weighted by molar-refractivity contribution is 5.87. The lowest BCUT2D eigenvalue weighted by molar-refractivity contribution is -0.137. The van der Waals surface area contributed by atoms with E-state index in [0.717, 1.165) is 29.8 Å². The predicted octanol–water partition coefficient (Wildman–Crippen LogP) is 6.11. The molecule has 1 amide bonds. The Bertz CT molecular complexity index is 1140. The van der Waals surface area contributed by atoms with E-state index in [-0.39, 0.29) is 23.3 Å². The number of ether oxygens (including phenoxy) is 1. The molecule has 0 N–H and O–H groups in total. The van der Waals surface area contributed by atoms with E-state index in [4.69, 9.17) is 4.74 Å². The Hall–Kier alpha value is -3.33. The minimum Gasteiger partial charge on any atom is -0.489 e. The van der Waals surface area contributed by atoms with Gasteiger partial charge in [-0.15, -0.1) is 0 Å². The Labute approximate surface area is 196 Å². The van der Waals surface area contributed by atoms with Gasteiger partial charge in [-0.25, -0.2) is 0 Å². The molecule has 3 aromatic carbocycles. The minimum absolute atomic E-state index is 0.0303. The summed E-state index contributed by atoms with van der Waals surface area (Å²) in [4.78, 5) is 15.5. The third-order valence-electron chi connectivity index (χ3n) is 7.57. The molecule has 0 spiro atoms. The van der Waals surface area contributed by atoms with Crippen LogP contribution >= 0.6 is 0 Å². The van der Waals surface area contributed by atoms with Gasteiger partial charge in [0.15, 0.2) is 0 Å². The van der Waals surface area contributed by atoms with Crippen molar-refractivity contribution in [2.24, 2.45) is 5.92 Å². The van der Waals surface area contributed by atoms with Crippen LogP contribution in [-0.4, -0.2) is 23.4 Å². The van der Waals surface area contributed by atoms with E-state index in [2.05, 4.69) is 61.2 Å². The molecule has 168 valence electrons. The van der Waals surface area contributed by atoms with E-state index in [1.807, 2.05) is 54.6 Å². The van der Waals surface area contributed by atoms with E-state index >= 15 is 0 Å². The second-order valence-electron chi connectivity index (χ2n) is 9.66. The van der Waals surface area contributed by atoms with E-state index in [1.165, 1.54) is 5.56 Å². The van der Waals surface area contributed by atoms with Crippen molar-refractivity contribution >= 4 is 5.91 Å². The fraction of sp³-hybridized carbons (Fsp3) is 0.300. The number of carbonyl (C=O) groups is 1. The molecule has 3 nitrogen and oxygen atoms in total. The number of hydrogen-bond donors (Lipinski definition) is 0. The summed E-state index contributed by atoms with van der Waals surface area (Å²) in [6.07, 6.45) is 5.27. The summed E-state index contributed by atoms with van der Waals surface area (Å²) >= 11 is 0. The van der Waals surface area contributed by atoms with Gasteiger partial charge in [-0.3, -0.25) is 4.79 Å². The lowest BCUT2D eigenvalue weighted by Gasteiger charge is -2.50. The molecule has 4 atom stereocenters. The van der Waals surface area contributed by atoms with E-state index < -0.39 is 0 Å². The van der Waals surface area contributed by atoms with Gasteiger partial charge in [0.25, 0.3) is 0 Å². The Kier molecular flexibility index (Phi) is 5.80. The van der Waals surface area contributed by atoms with Crippen molar-refractivity contribution in [1.82, 2.24) is 4.90 Å². The monoisotopic (exact) mass is 437 g/mol. The van der Waals surface area contributed by atoms with Crippen molar-refractivity contribution in [3.05, 3.63) is 114 Å². The van der Waals surface area contributed by atoms with Crippen LogP contribution in [0.5, 0.6) is 5.75 Å². The molecular weight excluding hydrogens is 406 g/mol. The van der Waals surface area contributed by atoms with Gasteiger partial charge in [0.05, 0.1) is 12.0 Å². The number of amides is 1. The molecular formula is C30H31NO2. The predicted molar refractivity (Wildman–Crippen MR) is 132 cm³/mol. The summed E-state index contributed by atoms with van der Waals surface area (Å²) in [6, 6.07) is 29.0. The number of nitrogens with zero attached hydrogens (tertiary/aromatic N) is 1. The molecule has 0 saturated carbocycles. The standard InChI is InChI=1S/C30H31NO2/c1-22-20-31-26(16-17-28(29(31)32)24-12-7-4-8-13-24)19-30(22,2)25-14-9-15-27(18-25)33-21-23-10-5-3-6-11-23/h3-18,22,26,28H,19-21H2,1-2H3/t22-,26-,28?,30+/m0/s1. The summed E-state index contributed by atoms with van der Waals surface area (Å²) in [5, 5.41) is 0. The van der Waals surface area contributed by atoms with Crippen LogP contribution in [0, 0.1) is 5.92 Å². The normalized spacial score (nSPS) is 26.7. The Morgan fingerprint density at radius 2 is 1.67 bits per heavy atom. The highest BCUT2D eigenvalue weighted by Gasteiger charge is 2.46. The van der Waals surface area contributed by atoms with Crippen LogP contribution in [0.1, 0.15) is 42.9 Å². The Morgan fingerprint density at radius 3 is 2.42 bits per heavy atom. The van der Waals surface area contributed by atoms with Gasteiger partial charge >= 0.3 is 0 Å². The van der Waals surface area contributed by atoms with E-state index in [1.54, 1.807) is 0 Å². The average molecular weight is 438 g/mol. The smallest absolute Gasteiger partial charge is 0.234 e. The molecule has 5 rings (SSSR count). The first-order chi connectivity index (χ1) is 16.0. The molecule has 3 heteroatoms. The zero-order valence-corrected chi connectivity index (χ0v) is 19.4. The molecule has 0 aliphatic carbocycles. The third-order valence-corrected chi connectivity index (χ3v) is 7.57. The van der Waals surface area contributed by atoms with Gasteiger partial charge in [-0.05, 0) is 46.6 Å². The van der Waals surface area contributed by atoms with Gasteiger partial charge in [-0.1, -0.05) is 98.8 Å². The van der Waals surface area contributed by atoms with Gasteiger partial charge in [0.2, 0.25) is 5.91 Å². The number of rotatable bonds is 5. The lowest BCUT2D eigenvalue weighted by atomic mass is 9.65. The Morgan fingerprint density at radius 1 is 0.939 bits per heavy atom. The van der Waals surface area contributed by atoms with Gasteiger partial charge in [-0.2, -0.15) is 0 Å². The first-order valence-electron chi connectivity index (χ1n) is 11.9. The van der Waals surface area contributed by atoms with Gasteiger partial charge < -0.3 is 9.64 Å². The second-order valence-corrected chi connectivity index (χ2v) is 9.66. The average Bonchev–Trinajstić information content (AvgIpc) is 2.86. The molecule has 0 radical (unpaired) electrons. The summed E-state index contributed by atoms with van der Waals surface area (Å²) in [5.74, 6) is 1.29. The number of hydrogen-bond acceptors (Lipinski definition) is 2. The topological polar surface area (TPSA) is 29.5 Å². The largest absolute Gasteiger partial charge is 0.489 e. The van der Waals surface area contributed by atoms with E-state index in [9.17, 15) is 4.79 Å². The lowest BCUT2D eigenvalue weighted by Crippen LogP contribution is -2.56. The van der Waals surface area contributed by atoms with Crippen molar-refractivity contribution in [3.63, 3.8) is 0 Å². The molecule has 33 heavy (non-hydrogen) atoms. The number of piperidine rings is 1. The number of benzene rings is 3. The van der Waals surface area contributed by atoms with Gasteiger partial charge in [0, 0.05) is 6.54 Å². The zero-order valence-electron chi connectivity index (χ0n) is 19.4. The highest BCUT2D eigenvalue weighted by atomic mass is 16.5. The van der Waals surface area contributed by atoms with Crippen LogP contribution in [-0.2, 0) is 16.8 Å². The van der Waals surface area contributed by atoms with Crippen LogP contribution in [0.15, 0.2) is 97.1 Å². The molecule has 3 aromatic rings. The van der Waals surface area contributed by atoms with E-state index in [0.29, 0.717) is 12.5 Å². The van der Waals surface area contributed by atoms with Crippen LogP contribution in [0.2, 0.25) is 0 Å². The zero-order chi connectivity index (χ0) is 22.8. The minimum atomic E-state index is -0.172. The molecule has 1 unspecified atom stereocenters. The SMILES string of the molecule is C[C@H]1CN2C(=O)C(c3ccccc3)C=C[C@H]2C[C@@]1(C)c1cccc(OCc2ccccc2)c1. The quantitative estimate of drug-likeness (QED) is 0.451. The maximum atomic E-state index is 13.4. The Balaban J connectivity index is 1.35. The van der Waals surface area contributed by atoms with Crippen molar-refractivity contribution < 1.29 is 9.53 Å². The van der Waals surface area contributed by atoms with Crippen molar-refractivity contribution in [2.45, 2.75) is 44.2 Å².